The van der Waals surface area contributed by atoms with Crippen molar-refractivity contribution in [2.75, 3.05) is 13.2 Å². The number of aliphatic hydroxyl groups is 5. The number of rotatable bonds is 55. The Morgan fingerprint density at radius 2 is 0.759 bits per heavy atom. The topological polar surface area (TPSA) is 149 Å². The van der Waals surface area contributed by atoms with Crippen LogP contribution in [0.15, 0.2) is 158 Å². The molecule has 83 heavy (non-hydrogen) atoms. The summed E-state index contributed by atoms with van der Waals surface area (Å²) in [5.41, 5.74) is 0. The molecule has 0 aromatic heterocycles. The number of nitrogens with one attached hydrogen (secondary N) is 1. The van der Waals surface area contributed by atoms with Gasteiger partial charge in [0.05, 0.1) is 25.4 Å². The number of unbranched alkanes of at least 4 members (excludes halogenated alkanes) is 21. The number of hydrogen-bond donors (Lipinski definition) is 6. The Balaban J connectivity index is 2.17. The van der Waals surface area contributed by atoms with E-state index in [0.717, 1.165) is 128 Å². The minimum atomic E-state index is -1.58. The van der Waals surface area contributed by atoms with Gasteiger partial charge in [0, 0.05) is 6.42 Å². The standard InChI is InChI=1S/C74H121NO8/c1-3-5-7-9-11-13-15-17-19-21-23-24-25-26-27-28-29-30-31-32-33-34-35-36-37-38-39-40-41-42-43-44-46-48-50-52-54-56-58-60-62-64-70(78)75-67(66-82-74-73(81)72(80)71(79)69(65-76)83-74)68(77)63-61-59-57-55-53-51-49-47-45-22-20-18-16-14-12-10-8-6-4-2/h5,7,11,13,17,19,23-24,26-27,29-30,32-33,35-36,38-39,41-42,45,47,53,55,61,63,67-69,71-74,76-77,79-81H,3-4,6,8-10,12,14-16,18,20-22,25,28,31,34,37,40,43-44,46,48-52,54,56-60,62,64-66H2,1-2H3,(H,75,78)/b7-5-,13-11-,19-17-,24-23-,27-26-,30-29-,33-32-,36-35-,39-38-,42-41-,47-45+,55-53+,63-61+. The second kappa shape index (κ2) is 60.9. The summed E-state index contributed by atoms with van der Waals surface area (Å²) in [7, 11) is 0. The maximum absolute atomic E-state index is 13.1. The molecule has 0 aromatic rings. The normalized spacial score (nSPS) is 19.3. The van der Waals surface area contributed by atoms with Crippen molar-refractivity contribution in [1.82, 2.24) is 5.32 Å². The molecule has 0 saturated carbocycles. The molecule has 0 radical (unpaired) electrons. The van der Waals surface area contributed by atoms with Gasteiger partial charge in [0.25, 0.3) is 0 Å². The van der Waals surface area contributed by atoms with E-state index in [1.54, 1.807) is 6.08 Å². The zero-order valence-electron chi connectivity index (χ0n) is 52.4. The minimum Gasteiger partial charge on any atom is -0.394 e. The van der Waals surface area contributed by atoms with Crippen LogP contribution in [0, 0.1) is 0 Å². The van der Waals surface area contributed by atoms with Gasteiger partial charge in [-0.05, 0) is 122 Å². The highest BCUT2D eigenvalue weighted by Crippen LogP contribution is 2.23. The van der Waals surface area contributed by atoms with Gasteiger partial charge < -0.3 is 40.3 Å². The van der Waals surface area contributed by atoms with Gasteiger partial charge in [-0.3, -0.25) is 4.79 Å². The van der Waals surface area contributed by atoms with Crippen molar-refractivity contribution in [2.45, 2.75) is 288 Å². The third-order valence-electron chi connectivity index (χ3n) is 14.6. The van der Waals surface area contributed by atoms with Gasteiger partial charge in [0.15, 0.2) is 6.29 Å². The zero-order chi connectivity index (χ0) is 60.0. The number of aliphatic hydroxyl groups excluding tert-OH is 5. The highest BCUT2D eigenvalue weighted by Gasteiger charge is 2.44. The van der Waals surface area contributed by atoms with Crippen LogP contribution in [-0.4, -0.2) is 87.5 Å². The van der Waals surface area contributed by atoms with Gasteiger partial charge in [-0.25, -0.2) is 0 Å². The summed E-state index contributed by atoms with van der Waals surface area (Å²) in [6.07, 6.45) is 89.0. The van der Waals surface area contributed by atoms with Gasteiger partial charge in [-0.2, -0.15) is 0 Å². The van der Waals surface area contributed by atoms with Crippen LogP contribution in [-0.2, 0) is 14.3 Å². The number of carbonyl (C=O) groups is 1. The van der Waals surface area contributed by atoms with E-state index >= 15 is 0 Å². The van der Waals surface area contributed by atoms with E-state index in [0.29, 0.717) is 6.42 Å². The van der Waals surface area contributed by atoms with Crippen LogP contribution < -0.4 is 5.32 Å². The van der Waals surface area contributed by atoms with E-state index < -0.39 is 49.5 Å². The molecule has 1 rings (SSSR count). The quantitative estimate of drug-likeness (QED) is 0.0261. The molecule has 1 amide bonds. The fraction of sp³-hybridized carbons (Fsp3) is 0.635. The van der Waals surface area contributed by atoms with Crippen molar-refractivity contribution < 1.29 is 39.8 Å². The van der Waals surface area contributed by atoms with Crippen LogP contribution >= 0.6 is 0 Å². The van der Waals surface area contributed by atoms with E-state index in [1.165, 1.54) is 96.3 Å². The highest BCUT2D eigenvalue weighted by molar-refractivity contribution is 5.76. The van der Waals surface area contributed by atoms with Crippen molar-refractivity contribution in [3.05, 3.63) is 158 Å². The summed E-state index contributed by atoms with van der Waals surface area (Å²) in [5.74, 6) is -0.201. The first-order chi connectivity index (χ1) is 40.8. The molecule has 7 unspecified atom stereocenters. The summed E-state index contributed by atoms with van der Waals surface area (Å²) < 4.78 is 11.3. The summed E-state index contributed by atoms with van der Waals surface area (Å²) in [5, 5.41) is 54.6. The van der Waals surface area contributed by atoms with Crippen molar-refractivity contribution in [2.24, 2.45) is 0 Å². The first-order valence-corrected chi connectivity index (χ1v) is 33.2. The molecule has 1 aliphatic rings. The molecule has 6 N–H and O–H groups in total. The summed E-state index contributed by atoms with van der Waals surface area (Å²) in [6.45, 7) is 3.63. The summed E-state index contributed by atoms with van der Waals surface area (Å²) >= 11 is 0. The van der Waals surface area contributed by atoms with Gasteiger partial charge in [0.2, 0.25) is 5.91 Å². The van der Waals surface area contributed by atoms with E-state index in [2.05, 4.69) is 165 Å². The predicted molar refractivity (Wildman–Crippen MR) is 354 cm³/mol. The lowest BCUT2D eigenvalue weighted by atomic mass is 9.99. The number of hydrogen-bond acceptors (Lipinski definition) is 8. The second-order valence-corrected chi connectivity index (χ2v) is 22.2. The lowest BCUT2D eigenvalue weighted by Gasteiger charge is -2.40. The fourth-order valence-corrected chi connectivity index (χ4v) is 9.39. The first kappa shape index (κ1) is 76.8. The van der Waals surface area contributed by atoms with E-state index in [4.69, 9.17) is 9.47 Å². The van der Waals surface area contributed by atoms with Crippen LogP contribution in [0.3, 0.4) is 0 Å². The minimum absolute atomic E-state index is 0.201. The predicted octanol–water partition coefficient (Wildman–Crippen LogP) is 18.0. The number of amides is 1. The Bertz CT molecular complexity index is 1860. The molecule has 9 heteroatoms. The molecule has 1 saturated heterocycles. The molecular formula is C74H121NO8. The third-order valence-corrected chi connectivity index (χ3v) is 14.6. The van der Waals surface area contributed by atoms with Crippen LogP contribution in [0.25, 0.3) is 0 Å². The van der Waals surface area contributed by atoms with Crippen LogP contribution in [0.4, 0.5) is 0 Å². The Morgan fingerprint density at radius 1 is 0.422 bits per heavy atom. The van der Waals surface area contributed by atoms with Crippen molar-refractivity contribution in [3.8, 4) is 0 Å². The van der Waals surface area contributed by atoms with E-state index in [1.807, 2.05) is 6.08 Å². The smallest absolute Gasteiger partial charge is 0.220 e. The molecule has 1 heterocycles. The van der Waals surface area contributed by atoms with Gasteiger partial charge in [0.1, 0.15) is 24.4 Å². The molecule has 9 nitrogen and oxygen atoms in total. The van der Waals surface area contributed by atoms with Crippen LogP contribution in [0.2, 0.25) is 0 Å². The van der Waals surface area contributed by atoms with Crippen molar-refractivity contribution in [3.63, 3.8) is 0 Å². The molecule has 7 atom stereocenters. The lowest BCUT2D eigenvalue weighted by molar-refractivity contribution is -0.302. The summed E-state index contributed by atoms with van der Waals surface area (Å²) in [6, 6.07) is -0.842. The molecule has 0 aliphatic carbocycles. The van der Waals surface area contributed by atoms with Crippen molar-refractivity contribution >= 4 is 5.91 Å². The summed E-state index contributed by atoms with van der Waals surface area (Å²) in [4.78, 5) is 13.1. The zero-order valence-corrected chi connectivity index (χ0v) is 52.4. The molecule has 0 spiro atoms. The average Bonchev–Trinajstić information content (AvgIpc) is 3.61. The van der Waals surface area contributed by atoms with E-state index in [9.17, 15) is 30.3 Å². The monoisotopic (exact) mass is 1150 g/mol. The molecule has 470 valence electrons. The Kier molecular flexibility index (Phi) is 56.4. The fourth-order valence-electron chi connectivity index (χ4n) is 9.39. The van der Waals surface area contributed by atoms with Gasteiger partial charge >= 0.3 is 0 Å². The molecular weight excluding hydrogens is 1030 g/mol. The van der Waals surface area contributed by atoms with Crippen molar-refractivity contribution in [1.29, 1.82) is 0 Å². The number of carbonyl (C=O) groups excluding carboxylic acids is 1. The second-order valence-electron chi connectivity index (χ2n) is 22.2. The lowest BCUT2D eigenvalue weighted by Crippen LogP contribution is -2.60. The maximum Gasteiger partial charge on any atom is 0.220 e. The maximum atomic E-state index is 13.1. The largest absolute Gasteiger partial charge is 0.394 e. The Morgan fingerprint density at radius 3 is 1.16 bits per heavy atom. The SMILES string of the molecule is CC/C=C\C/C=C\C/C=C\C/C=C\C/C=C\C/C=C\C/C=C\C/C=C\C/C=C\C/C=C\CCCCCCCCCCCCC(=O)NC(COC1OC(CO)C(O)C(O)C1O)C(O)/C=C/CC/C=C/CC/C=C/CCCCCCCCCCC. The van der Waals surface area contributed by atoms with E-state index in [-0.39, 0.29) is 12.5 Å². The van der Waals surface area contributed by atoms with Gasteiger partial charge in [-0.15, -0.1) is 0 Å². The van der Waals surface area contributed by atoms with Gasteiger partial charge in [-0.1, -0.05) is 275 Å². The van der Waals surface area contributed by atoms with Crippen LogP contribution in [0.5, 0.6) is 0 Å². The molecule has 0 aromatic carbocycles. The first-order valence-electron chi connectivity index (χ1n) is 33.2. The van der Waals surface area contributed by atoms with Crippen LogP contribution in [0.1, 0.15) is 245 Å². The third kappa shape index (κ3) is 49.7. The Labute approximate surface area is 507 Å². The molecule has 1 aliphatic heterocycles. The molecule has 0 bridgehead atoms. The highest BCUT2D eigenvalue weighted by atomic mass is 16.7. The average molecular weight is 1150 g/mol. The number of allylic oxidation sites excluding steroid dienone is 25. The Hall–Kier alpha value is -4.19. The molecule has 1 fully saturated rings. The number of ether oxygens (including phenoxy) is 2.